The van der Waals surface area contributed by atoms with E-state index in [2.05, 4.69) is 6.92 Å². The van der Waals surface area contributed by atoms with Crippen LogP contribution >= 0.6 is 11.3 Å². The minimum absolute atomic E-state index is 0.240. The van der Waals surface area contributed by atoms with Gasteiger partial charge in [0.1, 0.15) is 5.78 Å². The second-order valence-electron chi connectivity index (χ2n) is 6.61. The number of nitrogens with one attached hydrogen (secondary N) is 1. The van der Waals surface area contributed by atoms with Crippen LogP contribution in [-0.2, 0) is 33.8 Å². The van der Waals surface area contributed by atoms with Gasteiger partial charge in [-0.2, -0.15) is 0 Å². The lowest BCUT2D eigenvalue weighted by Crippen LogP contribution is -2.13. The van der Waals surface area contributed by atoms with Crippen molar-refractivity contribution in [3.8, 4) is 0 Å². The third-order valence-corrected chi connectivity index (χ3v) is 8.11. The van der Waals surface area contributed by atoms with Crippen LogP contribution in [0.15, 0.2) is 4.90 Å². The summed E-state index contributed by atoms with van der Waals surface area (Å²) in [4.78, 5) is 15.3. The zero-order valence-corrected chi connectivity index (χ0v) is 14.9. The Hall–Kier alpha value is -0.680. The maximum absolute atomic E-state index is 13.0. The number of hydrogen-bond acceptors (Lipinski definition) is 4. The molecular weight excluding hydrogens is 314 g/mol. The Morgan fingerprint density at radius 3 is 2.73 bits per heavy atom. The summed E-state index contributed by atoms with van der Waals surface area (Å²) in [7, 11) is -2.74. The molecule has 0 saturated heterocycles. The first-order chi connectivity index (χ1) is 10.5. The van der Waals surface area contributed by atoms with Crippen molar-refractivity contribution < 1.29 is 9.00 Å². The molecule has 2 aliphatic rings. The van der Waals surface area contributed by atoms with Crippen molar-refractivity contribution in [2.45, 2.75) is 69.6 Å². The zero-order valence-electron chi connectivity index (χ0n) is 13.3. The highest BCUT2D eigenvalue weighted by Gasteiger charge is 2.33. The van der Waals surface area contributed by atoms with E-state index in [9.17, 15) is 9.00 Å². The normalized spacial score (nSPS) is 20.4. The van der Waals surface area contributed by atoms with Crippen LogP contribution in [0.25, 0.3) is 0 Å². The number of rotatable bonds is 7. The summed E-state index contributed by atoms with van der Waals surface area (Å²) < 4.78 is 21.5. The van der Waals surface area contributed by atoms with Crippen LogP contribution in [0.1, 0.15) is 60.8 Å². The predicted octanol–water partition coefficient (Wildman–Crippen LogP) is 4.35. The van der Waals surface area contributed by atoms with Gasteiger partial charge in [0, 0.05) is 27.8 Å². The van der Waals surface area contributed by atoms with Gasteiger partial charge in [-0.1, -0.05) is 13.3 Å². The molecule has 3 nitrogen and oxygen atoms in total. The molecule has 1 N–H and O–H groups in total. The lowest BCUT2D eigenvalue weighted by molar-refractivity contribution is -0.119. The number of aryl methyl sites for hydroxylation is 1. The molecule has 1 saturated carbocycles. The van der Waals surface area contributed by atoms with E-state index in [-0.39, 0.29) is 5.92 Å². The van der Waals surface area contributed by atoms with Gasteiger partial charge in [-0.25, -0.2) is 8.99 Å². The predicted molar refractivity (Wildman–Crippen MR) is 91.3 cm³/mol. The van der Waals surface area contributed by atoms with Crippen molar-refractivity contribution in [2.75, 3.05) is 5.75 Å². The van der Waals surface area contributed by atoms with Crippen LogP contribution in [0.2, 0.25) is 0 Å². The SMILES string of the molecule is CCCCS(=N)(=O)c1c(CC(=O)C2CC2)sc2c1CCCC2. The second-order valence-corrected chi connectivity index (χ2v) is 9.97. The maximum Gasteiger partial charge on any atom is 0.141 e. The molecule has 1 atom stereocenters. The Balaban J connectivity index is 1.97. The summed E-state index contributed by atoms with van der Waals surface area (Å²) >= 11 is 1.68. The minimum atomic E-state index is -2.74. The summed E-state index contributed by atoms with van der Waals surface area (Å²) in [6.45, 7) is 2.07. The highest BCUT2D eigenvalue weighted by atomic mass is 32.2. The molecule has 0 radical (unpaired) electrons. The van der Waals surface area contributed by atoms with Gasteiger partial charge in [-0.3, -0.25) is 4.79 Å². The number of carbonyl (C=O) groups is 1. The Bertz CT molecular complexity index is 669. The smallest absolute Gasteiger partial charge is 0.141 e. The van der Waals surface area contributed by atoms with E-state index in [0.717, 1.165) is 54.7 Å². The lowest BCUT2D eigenvalue weighted by Gasteiger charge is -2.15. The fraction of sp³-hybridized carbons (Fsp3) is 0.706. The molecule has 0 aliphatic heterocycles. The Morgan fingerprint density at radius 2 is 2.05 bits per heavy atom. The highest BCUT2D eigenvalue weighted by molar-refractivity contribution is 7.92. The maximum atomic E-state index is 13.0. The van der Waals surface area contributed by atoms with Crippen molar-refractivity contribution in [1.82, 2.24) is 0 Å². The van der Waals surface area contributed by atoms with E-state index >= 15 is 0 Å². The first-order valence-corrected chi connectivity index (χ1v) is 11.0. The van der Waals surface area contributed by atoms with Crippen molar-refractivity contribution in [2.24, 2.45) is 5.92 Å². The van der Waals surface area contributed by atoms with E-state index < -0.39 is 9.73 Å². The van der Waals surface area contributed by atoms with Gasteiger partial charge in [0.2, 0.25) is 0 Å². The first kappa shape index (κ1) is 16.2. The van der Waals surface area contributed by atoms with Crippen LogP contribution < -0.4 is 0 Å². The van der Waals surface area contributed by atoms with Gasteiger partial charge in [0.15, 0.2) is 0 Å². The monoisotopic (exact) mass is 339 g/mol. The summed E-state index contributed by atoms with van der Waals surface area (Å²) in [6, 6.07) is 0. The molecule has 0 amide bonds. The number of hydrogen-bond donors (Lipinski definition) is 1. The minimum Gasteiger partial charge on any atom is -0.299 e. The summed E-state index contributed by atoms with van der Waals surface area (Å²) in [5.74, 6) is 0.979. The van der Waals surface area contributed by atoms with Gasteiger partial charge >= 0.3 is 0 Å². The van der Waals surface area contributed by atoms with Crippen LogP contribution in [0.4, 0.5) is 0 Å². The molecule has 5 heteroatoms. The largest absolute Gasteiger partial charge is 0.299 e. The quantitative estimate of drug-likeness (QED) is 0.802. The van der Waals surface area contributed by atoms with E-state index in [4.69, 9.17) is 4.78 Å². The summed E-state index contributed by atoms with van der Waals surface area (Å²) in [6.07, 6.45) is 8.51. The van der Waals surface area contributed by atoms with Crippen molar-refractivity contribution >= 4 is 26.8 Å². The summed E-state index contributed by atoms with van der Waals surface area (Å²) in [5, 5.41) is 0. The molecule has 3 rings (SSSR count). The fourth-order valence-corrected chi connectivity index (χ4v) is 7.11. The van der Waals surface area contributed by atoms with Crippen LogP contribution in [0, 0.1) is 10.7 Å². The molecule has 1 fully saturated rings. The third kappa shape index (κ3) is 3.30. The second kappa shape index (κ2) is 6.44. The van der Waals surface area contributed by atoms with E-state index in [1.807, 2.05) is 0 Å². The fourth-order valence-electron chi connectivity index (χ4n) is 3.25. The van der Waals surface area contributed by atoms with Gasteiger partial charge in [-0.15, -0.1) is 11.3 Å². The molecule has 0 aromatic carbocycles. The molecule has 1 aromatic heterocycles. The lowest BCUT2D eigenvalue weighted by atomic mass is 9.98. The molecule has 22 heavy (non-hydrogen) atoms. The number of unbranched alkanes of at least 4 members (excludes halogenated alkanes) is 1. The molecule has 2 aliphatic carbocycles. The van der Waals surface area contributed by atoms with Gasteiger partial charge in [0.05, 0.1) is 14.6 Å². The number of thiophene rings is 1. The van der Waals surface area contributed by atoms with Crippen LogP contribution in [-0.4, -0.2) is 15.7 Å². The van der Waals surface area contributed by atoms with Crippen molar-refractivity contribution in [3.05, 3.63) is 15.3 Å². The molecular formula is C17H25NO2S2. The van der Waals surface area contributed by atoms with Crippen molar-refractivity contribution in [1.29, 1.82) is 4.78 Å². The number of ketones is 1. The number of carbonyl (C=O) groups excluding carboxylic acids is 1. The topological polar surface area (TPSA) is 58.0 Å². The molecule has 0 bridgehead atoms. The van der Waals surface area contributed by atoms with Gasteiger partial charge in [0.25, 0.3) is 0 Å². The molecule has 122 valence electrons. The first-order valence-electron chi connectivity index (χ1n) is 8.45. The van der Waals surface area contributed by atoms with Crippen LogP contribution in [0.3, 0.4) is 0 Å². The summed E-state index contributed by atoms with van der Waals surface area (Å²) in [5.41, 5.74) is 1.17. The average Bonchev–Trinajstić information content (AvgIpc) is 3.26. The molecule has 1 aromatic rings. The Kier molecular flexibility index (Phi) is 4.74. The van der Waals surface area contributed by atoms with E-state index in [1.165, 1.54) is 16.9 Å². The van der Waals surface area contributed by atoms with Gasteiger partial charge < -0.3 is 0 Å². The molecule has 1 unspecified atom stereocenters. The van der Waals surface area contributed by atoms with E-state index in [0.29, 0.717) is 18.0 Å². The highest BCUT2D eigenvalue weighted by Crippen LogP contribution is 2.40. The number of Topliss-reactive ketones (excluding diaryl/α,β-unsaturated/α-hetero) is 1. The standard InChI is InChI=1S/C17H25NO2S2/c1-2-3-10-22(18,20)17-13-6-4-5-7-15(13)21-16(17)11-14(19)12-8-9-12/h12,18H,2-11H2,1H3. The van der Waals surface area contributed by atoms with E-state index in [1.54, 1.807) is 11.3 Å². The van der Waals surface area contributed by atoms with Crippen molar-refractivity contribution in [3.63, 3.8) is 0 Å². The molecule has 1 heterocycles. The Labute approximate surface area is 137 Å². The molecule has 0 spiro atoms. The van der Waals surface area contributed by atoms with Crippen LogP contribution in [0.5, 0.6) is 0 Å². The zero-order chi connectivity index (χ0) is 15.7. The third-order valence-electron chi connectivity index (χ3n) is 4.67. The number of fused-ring (bicyclic) bond motifs is 1. The Morgan fingerprint density at radius 1 is 1.32 bits per heavy atom. The van der Waals surface area contributed by atoms with Gasteiger partial charge in [-0.05, 0) is 50.5 Å². The average molecular weight is 340 g/mol.